The molecule has 2 fully saturated rings. The molecule has 0 radical (unpaired) electrons. The van der Waals surface area contributed by atoms with Crippen molar-refractivity contribution in [3.8, 4) is 0 Å². The summed E-state index contributed by atoms with van der Waals surface area (Å²) >= 11 is 1.73. The number of carbonyl (C=O) groups excluding carboxylic acids is 1. The molecule has 1 saturated heterocycles. The number of benzene rings is 1. The fourth-order valence-electron chi connectivity index (χ4n) is 6.41. The van der Waals surface area contributed by atoms with Crippen molar-refractivity contribution in [2.75, 3.05) is 31.5 Å². The van der Waals surface area contributed by atoms with Gasteiger partial charge in [0.05, 0.1) is 17.1 Å². The Labute approximate surface area is 214 Å². The van der Waals surface area contributed by atoms with Crippen LogP contribution in [0.25, 0.3) is 21.1 Å². The van der Waals surface area contributed by atoms with E-state index in [2.05, 4.69) is 41.3 Å². The topological polar surface area (TPSA) is 90.0 Å². The van der Waals surface area contributed by atoms with Crippen LogP contribution in [0, 0.1) is 5.92 Å². The molecule has 1 aromatic carbocycles. The Hall–Kier alpha value is -3.04. The van der Waals surface area contributed by atoms with Gasteiger partial charge >= 0.3 is 0 Å². The SMILES string of the molecule is O=C([C@H]1CCc2c(sc3ncnc(Nc4ccc5[nH]ncc5c4)c23)C1)N1CCN(C2CCCC2)CC1. The lowest BCUT2D eigenvalue weighted by atomic mass is 9.86. The van der Waals surface area contributed by atoms with Gasteiger partial charge in [0.2, 0.25) is 5.91 Å². The Morgan fingerprint density at radius 1 is 1.08 bits per heavy atom. The quantitative estimate of drug-likeness (QED) is 0.428. The van der Waals surface area contributed by atoms with Crippen LogP contribution in [0.15, 0.2) is 30.7 Å². The van der Waals surface area contributed by atoms with Gasteiger partial charge in [0.15, 0.2) is 0 Å². The van der Waals surface area contributed by atoms with E-state index in [0.717, 1.165) is 84.1 Å². The lowest BCUT2D eigenvalue weighted by molar-refractivity contribution is -0.138. The number of amides is 1. The molecule has 7 rings (SSSR count). The minimum atomic E-state index is 0.0801. The molecule has 1 saturated carbocycles. The molecule has 2 aliphatic carbocycles. The number of carbonyl (C=O) groups is 1. The minimum Gasteiger partial charge on any atom is -0.340 e. The average molecular weight is 502 g/mol. The van der Waals surface area contributed by atoms with Crippen molar-refractivity contribution in [3.63, 3.8) is 0 Å². The second kappa shape index (κ2) is 9.12. The Morgan fingerprint density at radius 2 is 1.94 bits per heavy atom. The van der Waals surface area contributed by atoms with E-state index in [1.807, 2.05) is 18.3 Å². The molecule has 9 heteroatoms. The highest BCUT2D eigenvalue weighted by atomic mass is 32.1. The lowest BCUT2D eigenvalue weighted by Crippen LogP contribution is -2.53. The second-order valence-corrected chi connectivity index (χ2v) is 11.5. The molecule has 2 N–H and O–H groups in total. The van der Waals surface area contributed by atoms with Gasteiger partial charge in [0.1, 0.15) is 17.0 Å². The van der Waals surface area contributed by atoms with Crippen molar-refractivity contribution in [1.29, 1.82) is 0 Å². The van der Waals surface area contributed by atoms with Crippen molar-refractivity contribution in [3.05, 3.63) is 41.2 Å². The van der Waals surface area contributed by atoms with Crippen LogP contribution < -0.4 is 5.32 Å². The van der Waals surface area contributed by atoms with E-state index in [9.17, 15) is 4.79 Å². The van der Waals surface area contributed by atoms with Crippen LogP contribution in [0.1, 0.15) is 42.5 Å². The Kier molecular flexibility index (Phi) is 5.62. The number of hydrogen-bond donors (Lipinski definition) is 2. The summed E-state index contributed by atoms with van der Waals surface area (Å²) in [4.78, 5) is 29.7. The van der Waals surface area contributed by atoms with Crippen molar-refractivity contribution in [2.24, 2.45) is 5.92 Å². The predicted octanol–water partition coefficient (Wildman–Crippen LogP) is 4.50. The number of H-pyrrole nitrogens is 1. The largest absolute Gasteiger partial charge is 0.340 e. The first-order chi connectivity index (χ1) is 17.7. The molecule has 3 aliphatic rings. The summed E-state index contributed by atoms with van der Waals surface area (Å²) in [6, 6.07) is 6.89. The normalized spacial score (nSPS) is 21.3. The standard InChI is InChI=1S/C27H31N7OS/c35-27(34-11-9-33(10-12-34)20-3-1-2-4-20)17-5-7-21-23(14-17)36-26-24(21)25(28-16-29-26)31-19-6-8-22-18(13-19)15-30-32-22/h6,8,13,15-17,20H,1-5,7,9-12,14H2,(H,30,32)(H,28,29,31)/t17-/m0/s1. The van der Waals surface area contributed by atoms with E-state index >= 15 is 0 Å². The highest BCUT2D eigenvalue weighted by Gasteiger charge is 2.34. The van der Waals surface area contributed by atoms with Gasteiger partial charge in [-0.2, -0.15) is 5.10 Å². The van der Waals surface area contributed by atoms with E-state index in [1.165, 1.54) is 36.1 Å². The number of piperazine rings is 1. The van der Waals surface area contributed by atoms with E-state index in [4.69, 9.17) is 0 Å². The summed E-state index contributed by atoms with van der Waals surface area (Å²) in [7, 11) is 0. The third kappa shape index (κ3) is 3.94. The van der Waals surface area contributed by atoms with Crippen LogP contribution in [0.4, 0.5) is 11.5 Å². The van der Waals surface area contributed by atoms with Gasteiger partial charge in [-0.25, -0.2) is 9.97 Å². The Balaban J connectivity index is 1.08. The highest BCUT2D eigenvalue weighted by molar-refractivity contribution is 7.19. The van der Waals surface area contributed by atoms with Gasteiger partial charge in [-0.3, -0.25) is 14.8 Å². The van der Waals surface area contributed by atoms with Crippen molar-refractivity contribution < 1.29 is 4.79 Å². The number of aromatic amines is 1. The summed E-state index contributed by atoms with van der Waals surface area (Å²) in [5.74, 6) is 1.27. The van der Waals surface area contributed by atoms with E-state index < -0.39 is 0 Å². The van der Waals surface area contributed by atoms with Gasteiger partial charge in [-0.15, -0.1) is 11.3 Å². The molecule has 36 heavy (non-hydrogen) atoms. The van der Waals surface area contributed by atoms with Crippen LogP contribution in [0.3, 0.4) is 0 Å². The zero-order valence-corrected chi connectivity index (χ0v) is 21.2. The highest BCUT2D eigenvalue weighted by Crippen LogP contribution is 2.41. The zero-order valence-electron chi connectivity index (χ0n) is 20.4. The van der Waals surface area contributed by atoms with Crippen molar-refractivity contribution >= 4 is 49.9 Å². The number of thiophene rings is 1. The number of fused-ring (bicyclic) bond motifs is 4. The first-order valence-corrected chi connectivity index (χ1v) is 14.0. The fraction of sp³-hybridized carbons (Fsp3) is 0.481. The maximum absolute atomic E-state index is 13.5. The van der Waals surface area contributed by atoms with E-state index in [1.54, 1.807) is 17.7 Å². The lowest BCUT2D eigenvalue weighted by Gasteiger charge is -2.39. The second-order valence-electron chi connectivity index (χ2n) is 10.4. The zero-order chi connectivity index (χ0) is 24.1. The monoisotopic (exact) mass is 501 g/mol. The number of anilines is 2. The first-order valence-electron chi connectivity index (χ1n) is 13.2. The summed E-state index contributed by atoms with van der Waals surface area (Å²) in [6.45, 7) is 3.83. The van der Waals surface area contributed by atoms with Crippen LogP contribution in [0.2, 0.25) is 0 Å². The van der Waals surface area contributed by atoms with Gasteiger partial charge in [0, 0.05) is 54.1 Å². The summed E-state index contributed by atoms with van der Waals surface area (Å²) in [6.07, 6.45) is 11.5. The smallest absolute Gasteiger partial charge is 0.226 e. The molecule has 8 nitrogen and oxygen atoms in total. The molecule has 1 atom stereocenters. The Bertz CT molecular complexity index is 1410. The van der Waals surface area contributed by atoms with Crippen molar-refractivity contribution in [2.45, 2.75) is 51.0 Å². The first kappa shape index (κ1) is 22.2. The summed E-state index contributed by atoms with van der Waals surface area (Å²) < 4.78 is 0. The number of aromatic nitrogens is 4. The molecule has 0 bridgehead atoms. The van der Waals surface area contributed by atoms with Crippen LogP contribution in [-0.4, -0.2) is 68.1 Å². The molecule has 3 aromatic heterocycles. The summed E-state index contributed by atoms with van der Waals surface area (Å²) in [5, 5.41) is 12.8. The number of rotatable bonds is 4. The van der Waals surface area contributed by atoms with Crippen LogP contribution in [-0.2, 0) is 17.6 Å². The summed E-state index contributed by atoms with van der Waals surface area (Å²) in [5.41, 5.74) is 3.30. The molecular formula is C27H31N7OS. The molecule has 4 heterocycles. The number of aryl methyl sites for hydroxylation is 1. The predicted molar refractivity (Wildman–Crippen MR) is 143 cm³/mol. The molecule has 0 spiro atoms. The molecule has 1 amide bonds. The molecule has 1 aliphatic heterocycles. The average Bonchev–Trinajstić information content (AvgIpc) is 3.68. The van der Waals surface area contributed by atoms with Crippen molar-refractivity contribution in [1.82, 2.24) is 30.0 Å². The molecule has 0 unspecified atom stereocenters. The maximum atomic E-state index is 13.5. The van der Waals surface area contributed by atoms with E-state index in [-0.39, 0.29) is 5.92 Å². The number of nitrogens with one attached hydrogen (secondary N) is 2. The van der Waals surface area contributed by atoms with Gasteiger partial charge in [0.25, 0.3) is 0 Å². The van der Waals surface area contributed by atoms with Crippen LogP contribution >= 0.6 is 11.3 Å². The molecule has 4 aromatic rings. The van der Waals surface area contributed by atoms with Gasteiger partial charge < -0.3 is 10.2 Å². The number of hydrogen-bond acceptors (Lipinski definition) is 7. The minimum absolute atomic E-state index is 0.0801. The molecular weight excluding hydrogens is 470 g/mol. The third-order valence-electron chi connectivity index (χ3n) is 8.36. The van der Waals surface area contributed by atoms with Gasteiger partial charge in [-0.05, 0) is 55.9 Å². The van der Waals surface area contributed by atoms with Gasteiger partial charge in [-0.1, -0.05) is 12.8 Å². The van der Waals surface area contributed by atoms with E-state index in [0.29, 0.717) is 5.91 Å². The third-order valence-corrected chi connectivity index (χ3v) is 9.53. The fourth-order valence-corrected chi connectivity index (χ4v) is 7.68. The van der Waals surface area contributed by atoms with Crippen LogP contribution in [0.5, 0.6) is 0 Å². The Morgan fingerprint density at radius 3 is 2.81 bits per heavy atom. The maximum Gasteiger partial charge on any atom is 0.226 e. The number of nitrogens with zero attached hydrogens (tertiary/aromatic N) is 5. The molecule has 186 valence electrons.